The zero-order valence-corrected chi connectivity index (χ0v) is 11.0. The first kappa shape index (κ1) is 13.5. The molecule has 1 aromatic carbocycles. The van der Waals surface area contributed by atoms with E-state index in [-0.39, 0.29) is 6.61 Å². The van der Waals surface area contributed by atoms with E-state index in [9.17, 15) is 0 Å². The van der Waals surface area contributed by atoms with Crippen molar-refractivity contribution < 1.29 is 9.84 Å². The minimum Gasteiger partial charge on any atom is -0.492 e. The lowest BCUT2D eigenvalue weighted by Crippen LogP contribution is -2.30. The van der Waals surface area contributed by atoms with Gasteiger partial charge >= 0.3 is 0 Å². The van der Waals surface area contributed by atoms with E-state index in [1.54, 1.807) is 0 Å². The smallest absolute Gasteiger partial charge is 0.120 e. The molecule has 0 radical (unpaired) electrons. The van der Waals surface area contributed by atoms with Gasteiger partial charge in [0.25, 0.3) is 0 Å². The first-order valence-corrected chi connectivity index (χ1v) is 6.24. The Balaban J connectivity index is 2.16. The van der Waals surface area contributed by atoms with Crippen molar-refractivity contribution in [1.29, 1.82) is 0 Å². The number of hydrogen-bond donors (Lipinski definition) is 2. The van der Waals surface area contributed by atoms with Gasteiger partial charge in [-0.15, -0.1) is 0 Å². The van der Waals surface area contributed by atoms with Crippen molar-refractivity contribution in [2.75, 3.05) is 19.8 Å². The third kappa shape index (κ3) is 5.49. The van der Waals surface area contributed by atoms with E-state index in [4.69, 9.17) is 9.84 Å². The van der Waals surface area contributed by atoms with Crippen LogP contribution in [0.25, 0.3) is 0 Å². The Morgan fingerprint density at radius 1 is 1.50 bits per heavy atom. The molecule has 0 aliphatic heterocycles. The summed E-state index contributed by atoms with van der Waals surface area (Å²) in [5.41, 5.74) is 0. The number of nitrogens with one attached hydrogen (secondary N) is 1. The second-order valence-electron chi connectivity index (χ2n) is 3.67. The Hall–Kier alpha value is -0.580. The van der Waals surface area contributed by atoms with E-state index >= 15 is 0 Å². The predicted molar refractivity (Wildman–Crippen MR) is 68.8 cm³/mol. The molecule has 90 valence electrons. The first-order valence-electron chi connectivity index (χ1n) is 5.45. The molecule has 0 aromatic heterocycles. The monoisotopic (exact) mass is 287 g/mol. The normalized spacial score (nSPS) is 12.4. The summed E-state index contributed by atoms with van der Waals surface area (Å²) in [4.78, 5) is 0. The summed E-state index contributed by atoms with van der Waals surface area (Å²) in [7, 11) is 0. The number of aliphatic hydroxyl groups excluding tert-OH is 1. The highest BCUT2D eigenvalue weighted by atomic mass is 79.9. The van der Waals surface area contributed by atoms with E-state index in [1.165, 1.54) is 0 Å². The van der Waals surface area contributed by atoms with Gasteiger partial charge in [-0.05, 0) is 31.5 Å². The highest BCUT2D eigenvalue weighted by Gasteiger charge is 1.99. The van der Waals surface area contributed by atoms with Gasteiger partial charge in [0.2, 0.25) is 0 Å². The summed E-state index contributed by atoms with van der Waals surface area (Å²) in [6.07, 6.45) is 0.775. The van der Waals surface area contributed by atoms with Gasteiger partial charge in [-0.25, -0.2) is 0 Å². The molecule has 0 bridgehead atoms. The van der Waals surface area contributed by atoms with Crippen LogP contribution in [0.1, 0.15) is 13.3 Å². The minimum absolute atomic E-state index is 0.223. The van der Waals surface area contributed by atoms with Gasteiger partial charge in [0.15, 0.2) is 0 Å². The topological polar surface area (TPSA) is 41.5 Å². The average Bonchev–Trinajstić information content (AvgIpc) is 2.25. The fourth-order valence-electron chi connectivity index (χ4n) is 1.33. The van der Waals surface area contributed by atoms with Crippen LogP contribution in [0, 0.1) is 0 Å². The quantitative estimate of drug-likeness (QED) is 0.756. The zero-order valence-electron chi connectivity index (χ0n) is 9.45. The lowest BCUT2D eigenvalue weighted by molar-refractivity contribution is 0.259. The van der Waals surface area contributed by atoms with Gasteiger partial charge in [0.05, 0.1) is 0 Å². The highest BCUT2D eigenvalue weighted by Crippen LogP contribution is 2.17. The van der Waals surface area contributed by atoms with Gasteiger partial charge in [0.1, 0.15) is 12.4 Å². The molecule has 4 heteroatoms. The minimum atomic E-state index is 0.223. The lowest BCUT2D eigenvalue weighted by atomic mass is 10.2. The van der Waals surface area contributed by atoms with Crippen molar-refractivity contribution >= 4 is 15.9 Å². The van der Waals surface area contributed by atoms with Crippen LogP contribution in [0.2, 0.25) is 0 Å². The fraction of sp³-hybridized carbons (Fsp3) is 0.500. The molecular formula is C12H18BrNO2. The Bertz CT molecular complexity index is 307. The van der Waals surface area contributed by atoms with Crippen LogP contribution in [0.3, 0.4) is 0 Å². The van der Waals surface area contributed by atoms with Gasteiger partial charge < -0.3 is 15.2 Å². The zero-order chi connectivity index (χ0) is 11.8. The molecule has 0 amide bonds. The molecule has 0 fully saturated rings. The Labute approximate surface area is 105 Å². The lowest BCUT2D eigenvalue weighted by Gasteiger charge is -2.12. The summed E-state index contributed by atoms with van der Waals surface area (Å²) >= 11 is 3.39. The molecule has 0 aliphatic rings. The van der Waals surface area contributed by atoms with Crippen molar-refractivity contribution in [1.82, 2.24) is 5.32 Å². The molecule has 0 saturated heterocycles. The third-order valence-corrected chi connectivity index (χ3v) is 2.72. The Morgan fingerprint density at radius 2 is 2.31 bits per heavy atom. The van der Waals surface area contributed by atoms with Crippen molar-refractivity contribution in [2.24, 2.45) is 0 Å². The molecule has 1 rings (SSSR count). The highest BCUT2D eigenvalue weighted by molar-refractivity contribution is 9.10. The van der Waals surface area contributed by atoms with Gasteiger partial charge in [-0.1, -0.05) is 22.0 Å². The van der Waals surface area contributed by atoms with Crippen LogP contribution < -0.4 is 10.1 Å². The maximum absolute atomic E-state index is 8.73. The Morgan fingerprint density at radius 3 is 3.00 bits per heavy atom. The number of rotatable bonds is 7. The van der Waals surface area contributed by atoms with Gasteiger partial charge in [-0.2, -0.15) is 0 Å². The second-order valence-corrected chi connectivity index (χ2v) is 4.59. The molecule has 0 spiro atoms. The van der Waals surface area contributed by atoms with E-state index in [2.05, 4.69) is 28.2 Å². The molecule has 1 unspecified atom stereocenters. The van der Waals surface area contributed by atoms with E-state index < -0.39 is 0 Å². The average molecular weight is 288 g/mol. The summed E-state index contributed by atoms with van der Waals surface area (Å²) < 4.78 is 6.58. The molecule has 0 heterocycles. The Kier molecular flexibility index (Phi) is 6.45. The molecule has 1 aromatic rings. The third-order valence-electron chi connectivity index (χ3n) is 2.22. The van der Waals surface area contributed by atoms with Crippen LogP contribution in [0.4, 0.5) is 0 Å². The molecule has 0 saturated carbocycles. The summed E-state index contributed by atoms with van der Waals surface area (Å²) in [5.74, 6) is 0.867. The summed E-state index contributed by atoms with van der Waals surface area (Å²) in [6.45, 7) is 3.69. The molecule has 0 aliphatic carbocycles. The van der Waals surface area contributed by atoms with Crippen LogP contribution in [0.15, 0.2) is 28.7 Å². The maximum Gasteiger partial charge on any atom is 0.120 e. The van der Waals surface area contributed by atoms with E-state index in [1.807, 2.05) is 24.3 Å². The van der Waals surface area contributed by atoms with Gasteiger partial charge in [-0.3, -0.25) is 0 Å². The van der Waals surface area contributed by atoms with Crippen molar-refractivity contribution in [3.63, 3.8) is 0 Å². The molecule has 1 atom stereocenters. The van der Waals surface area contributed by atoms with Crippen LogP contribution >= 0.6 is 15.9 Å². The van der Waals surface area contributed by atoms with Crippen LogP contribution in [0.5, 0.6) is 5.75 Å². The van der Waals surface area contributed by atoms with Crippen LogP contribution in [-0.4, -0.2) is 30.9 Å². The largest absolute Gasteiger partial charge is 0.492 e. The number of halogens is 1. The summed E-state index contributed by atoms with van der Waals surface area (Å²) in [5, 5.41) is 12.0. The van der Waals surface area contributed by atoms with E-state index in [0.717, 1.165) is 23.2 Å². The summed E-state index contributed by atoms with van der Waals surface area (Å²) in [6, 6.07) is 8.12. The fourth-order valence-corrected chi connectivity index (χ4v) is 1.70. The predicted octanol–water partition coefficient (Wildman–Crippen LogP) is 2.19. The SMILES string of the molecule is CC(CCO)NCCOc1cccc(Br)c1. The van der Waals surface area contributed by atoms with Crippen molar-refractivity contribution in [3.05, 3.63) is 28.7 Å². The molecule has 3 nitrogen and oxygen atoms in total. The van der Waals surface area contributed by atoms with Gasteiger partial charge in [0, 0.05) is 23.7 Å². The molecule has 16 heavy (non-hydrogen) atoms. The van der Waals surface area contributed by atoms with Crippen molar-refractivity contribution in [3.8, 4) is 5.75 Å². The van der Waals surface area contributed by atoms with Crippen molar-refractivity contribution in [2.45, 2.75) is 19.4 Å². The standard InChI is InChI=1S/C12H18BrNO2/c1-10(5-7-15)14-6-8-16-12-4-2-3-11(13)9-12/h2-4,9-10,14-15H,5-8H2,1H3. The number of benzene rings is 1. The number of aliphatic hydroxyl groups is 1. The van der Waals surface area contributed by atoms with E-state index in [0.29, 0.717) is 12.6 Å². The van der Waals surface area contributed by atoms with Crippen LogP contribution in [-0.2, 0) is 0 Å². The number of ether oxygens (including phenoxy) is 1. The molecule has 2 N–H and O–H groups in total. The number of hydrogen-bond acceptors (Lipinski definition) is 3. The first-order chi connectivity index (χ1) is 7.72. The maximum atomic E-state index is 8.73. The molecular weight excluding hydrogens is 270 g/mol. The second kappa shape index (κ2) is 7.65.